The number of likely N-dealkylation sites (N-methyl/N-ethyl adjacent to an activating group) is 2. The van der Waals surface area contributed by atoms with Gasteiger partial charge in [-0.3, -0.25) is 24.1 Å². The third kappa shape index (κ3) is 14.2. The summed E-state index contributed by atoms with van der Waals surface area (Å²) in [6.07, 6.45) is -3.39. The molecule has 1 saturated heterocycles. The Labute approximate surface area is 379 Å². The second kappa shape index (κ2) is 25.4. The first-order chi connectivity index (χ1) is 30.3. The van der Waals surface area contributed by atoms with Crippen LogP contribution in [0, 0.1) is 23.7 Å². The maximum atomic E-state index is 15.4. The van der Waals surface area contributed by atoms with Crippen LogP contribution in [-0.4, -0.2) is 141 Å². The summed E-state index contributed by atoms with van der Waals surface area (Å²) in [5, 5.41) is 5.69. The van der Waals surface area contributed by atoms with Gasteiger partial charge in [0.05, 0.1) is 50.3 Å². The van der Waals surface area contributed by atoms with E-state index in [4.69, 9.17) is 18.9 Å². The van der Waals surface area contributed by atoms with Crippen LogP contribution in [0.25, 0.3) is 0 Å². The molecule has 15 nitrogen and oxygen atoms in total. The van der Waals surface area contributed by atoms with Crippen molar-refractivity contribution in [2.24, 2.45) is 23.7 Å². The van der Waals surface area contributed by atoms with Gasteiger partial charge < -0.3 is 39.4 Å². The van der Waals surface area contributed by atoms with Gasteiger partial charge in [-0.2, -0.15) is 0 Å². The molecular formula is C48H72FN5O10. The van der Waals surface area contributed by atoms with Gasteiger partial charge in [-0.25, -0.2) is 14.0 Å². The maximum absolute atomic E-state index is 15.4. The summed E-state index contributed by atoms with van der Waals surface area (Å²) in [6, 6.07) is 13.9. The molecule has 5 amide bonds. The maximum Gasteiger partial charge on any atom is 0.410 e. The van der Waals surface area contributed by atoms with E-state index in [1.54, 1.807) is 27.8 Å². The van der Waals surface area contributed by atoms with E-state index in [9.17, 15) is 28.8 Å². The molecule has 1 aliphatic rings. The topological polar surface area (TPSA) is 173 Å². The third-order valence-corrected chi connectivity index (χ3v) is 12.4. The van der Waals surface area contributed by atoms with E-state index in [1.807, 2.05) is 88.4 Å². The number of hydrogen-bond acceptors (Lipinski definition) is 10. The van der Waals surface area contributed by atoms with E-state index >= 15 is 4.39 Å². The van der Waals surface area contributed by atoms with Gasteiger partial charge in [0.1, 0.15) is 30.9 Å². The molecule has 0 aliphatic carbocycles. The van der Waals surface area contributed by atoms with Crippen LogP contribution in [0.5, 0.6) is 0 Å². The van der Waals surface area contributed by atoms with Crippen LogP contribution in [0.1, 0.15) is 78.9 Å². The third-order valence-electron chi connectivity index (χ3n) is 12.4. The summed E-state index contributed by atoms with van der Waals surface area (Å²) >= 11 is 0. The molecule has 1 aliphatic heterocycles. The van der Waals surface area contributed by atoms with Crippen LogP contribution < -0.4 is 10.6 Å². The first kappa shape index (κ1) is 53.2. The zero-order valence-corrected chi connectivity index (χ0v) is 39.7. The average Bonchev–Trinajstić information content (AvgIpc) is 3.67. The van der Waals surface area contributed by atoms with Crippen molar-refractivity contribution >= 4 is 35.7 Å². The van der Waals surface area contributed by atoms with E-state index in [0.717, 1.165) is 11.1 Å². The monoisotopic (exact) mass is 898 g/mol. The number of methoxy groups -OCH3 is 3. The molecule has 2 aromatic rings. The minimum atomic E-state index is -1.40. The lowest BCUT2D eigenvalue weighted by Gasteiger charge is -2.41. The molecule has 3 rings (SSSR count). The Bertz CT molecular complexity index is 1820. The van der Waals surface area contributed by atoms with E-state index in [1.165, 1.54) is 43.1 Å². The molecular weight excluding hydrogens is 826 g/mol. The molecule has 1 heterocycles. The minimum Gasteiger partial charge on any atom is -0.467 e. The summed E-state index contributed by atoms with van der Waals surface area (Å²) in [6.45, 7) is 12.5. The van der Waals surface area contributed by atoms with Crippen LogP contribution in [0.15, 0.2) is 60.7 Å². The predicted octanol–water partition coefficient (Wildman–Crippen LogP) is 5.19. The van der Waals surface area contributed by atoms with Gasteiger partial charge in [0, 0.05) is 41.2 Å². The smallest absolute Gasteiger partial charge is 0.410 e. The molecule has 0 radical (unpaired) electrons. The normalized spacial score (nSPS) is 18.8. The quantitative estimate of drug-likeness (QED) is 0.142. The zero-order chi connectivity index (χ0) is 47.8. The number of ether oxygens (including phenoxy) is 4. The van der Waals surface area contributed by atoms with Gasteiger partial charge in [-0.1, -0.05) is 116 Å². The van der Waals surface area contributed by atoms with Crippen LogP contribution in [-0.2, 0) is 55.9 Å². The fourth-order valence-corrected chi connectivity index (χ4v) is 8.59. The Morgan fingerprint density at radius 3 is 1.91 bits per heavy atom. The number of likely N-dealkylation sites (tertiary alicyclic amines) is 1. The van der Waals surface area contributed by atoms with Crippen molar-refractivity contribution in [3.8, 4) is 0 Å². The highest BCUT2D eigenvalue weighted by Crippen LogP contribution is 2.31. The lowest BCUT2D eigenvalue weighted by atomic mass is 9.89. The Balaban J connectivity index is 1.80. The minimum absolute atomic E-state index is 0.0268. The van der Waals surface area contributed by atoms with Crippen molar-refractivity contribution in [2.45, 2.75) is 129 Å². The predicted molar refractivity (Wildman–Crippen MR) is 240 cm³/mol. The van der Waals surface area contributed by atoms with Crippen LogP contribution >= 0.6 is 0 Å². The van der Waals surface area contributed by atoms with E-state index < -0.39 is 90.2 Å². The Kier molecular flexibility index (Phi) is 21.1. The lowest BCUT2D eigenvalue weighted by Crippen LogP contribution is -2.60. The number of benzene rings is 2. The van der Waals surface area contributed by atoms with Gasteiger partial charge in [0.2, 0.25) is 23.6 Å². The molecule has 0 bridgehead atoms. The number of halogens is 1. The van der Waals surface area contributed by atoms with Gasteiger partial charge in [0.25, 0.3) is 0 Å². The molecule has 0 aromatic heterocycles. The van der Waals surface area contributed by atoms with Crippen LogP contribution in [0.2, 0.25) is 0 Å². The molecule has 2 aromatic carbocycles. The van der Waals surface area contributed by atoms with Crippen molar-refractivity contribution in [3.05, 3.63) is 71.8 Å². The standard InChI is InChI=1S/C48H72FN5O10/c1-13-31(6)42(52(8)46(58)40(29(2)3)51-45(57)41(30(4)5)53(9)48(60)64-28-34-22-18-15-19-23-34)38(61-10)26-39(55)54-27-35(49)25-37(54)43(62-11)32(7)44(56)50-36(47(59)63-12)24-33-20-16-14-17-21-33/h14-23,29-32,35-38,40-43H,13,24-28H2,1-12H3,(H,50,56)(H,51,57)/t31?,32?,35-,36?,37-,38?,40?,41?,42?,43?/m0/s1. The number of hydrogen-bond donors (Lipinski definition) is 2. The Morgan fingerprint density at radius 1 is 0.797 bits per heavy atom. The summed E-state index contributed by atoms with van der Waals surface area (Å²) in [4.78, 5) is 86.6. The first-order valence-electron chi connectivity index (χ1n) is 22.2. The number of nitrogens with zero attached hydrogens (tertiary/aromatic N) is 3. The number of carbonyl (C=O) groups excluding carboxylic acids is 6. The van der Waals surface area contributed by atoms with Crippen molar-refractivity contribution in [1.82, 2.24) is 25.3 Å². The van der Waals surface area contributed by atoms with Crippen molar-refractivity contribution in [3.63, 3.8) is 0 Å². The Morgan fingerprint density at radius 2 is 1.39 bits per heavy atom. The lowest BCUT2D eigenvalue weighted by molar-refractivity contribution is -0.149. The molecule has 356 valence electrons. The highest BCUT2D eigenvalue weighted by molar-refractivity contribution is 5.92. The molecule has 2 N–H and O–H groups in total. The molecule has 10 atom stereocenters. The van der Waals surface area contributed by atoms with Gasteiger partial charge >= 0.3 is 12.1 Å². The number of nitrogens with one attached hydrogen (secondary N) is 2. The van der Waals surface area contributed by atoms with E-state index in [0.29, 0.717) is 6.42 Å². The van der Waals surface area contributed by atoms with Crippen molar-refractivity contribution < 1.29 is 52.1 Å². The van der Waals surface area contributed by atoms with Gasteiger partial charge in [0.15, 0.2) is 0 Å². The van der Waals surface area contributed by atoms with E-state index in [2.05, 4.69) is 10.6 Å². The second-order valence-electron chi connectivity index (χ2n) is 17.6. The van der Waals surface area contributed by atoms with Gasteiger partial charge in [-0.05, 0) is 28.9 Å². The molecule has 0 saturated carbocycles. The number of alkyl halides is 1. The molecule has 0 spiro atoms. The fraction of sp³-hybridized carbons (Fsp3) is 0.625. The first-order valence-corrected chi connectivity index (χ1v) is 22.2. The van der Waals surface area contributed by atoms with Crippen molar-refractivity contribution in [2.75, 3.05) is 42.0 Å². The van der Waals surface area contributed by atoms with Crippen LogP contribution in [0.3, 0.4) is 0 Å². The molecule has 1 fully saturated rings. The fourth-order valence-electron chi connectivity index (χ4n) is 8.59. The summed E-state index contributed by atoms with van der Waals surface area (Å²) in [5.74, 6) is -4.36. The molecule has 8 unspecified atom stereocenters. The Hall–Kier alpha value is -5.09. The SMILES string of the molecule is CCC(C)C(C(CC(=O)N1C[C@@H](F)C[C@H]1C(OC)C(C)C(=O)NC(Cc1ccccc1)C(=O)OC)OC)N(C)C(=O)C(NC(=O)C(C(C)C)N(C)C(=O)OCc1ccccc1)C(C)C. The summed E-state index contributed by atoms with van der Waals surface area (Å²) in [7, 11) is 7.18. The highest BCUT2D eigenvalue weighted by Gasteiger charge is 2.46. The summed E-state index contributed by atoms with van der Waals surface area (Å²) in [5.41, 5.74) is 1.60. The largest absolute Gasteiger partial charge is 0.467 e. The number of rotatable bonds is 23. The average molecular weight is 898 g/mol. The number of esters is 1. The van der Waals surface area contributed by atoms with Crippen LogP contribution in [0.4, 0.5) is 9.18 Å². The number of carbonyl (C=O) groups is 6. The molecule has 16 heteroatoms. The number of amides is 5. The highest BCUT2D eigenvalue weighted by atomic mass is 19.1. The second-order valence-corrected chi connectivity index (χ2v) is 17.6. The molecule has 64 heavy (non-hydrogen) atoms. The van der Waals surface area contributed by atoms with E-state index in [-0.39, 0.29) is 50.2 Å². The van der Waals surface area contributed by atoms with Gasteiger partial charge in [-0.15, -0.1) is 0 Å². The van der Waals surface area contributed by atoms with Crippen molar-refractivity contribution in [1.29, 1.82) is 0 Å². The summed E-state index contributed by atoms with van der Waals surface area (Å²) < 4.78 is 37.7. The zero-order valence-electron chi connectivity index (χ0n) is 39.7.